The van der Waals surface area contributed by atoms with E-state index in [-0.39, 0.29) is 18.8 Å². The van der Waals surface area contributed by atoms with Gasteiger partial charge in [0.2, 0.25) is 10.0 Å². The molecule has 1 heterocycles. The largest absolute Gasteiger partial charge is 0.481 e. The van der Waals surface area contributed by atoms with Gasteiger partial charge in [0, 0.05) is 13.1 Å². The van der Waals surface area contributed by atoms with Crippen LogP contribution in [0.3, 0.4) is 0 Å². The lowest BCUT2D eigenvalue weighted by molar-refractivity contribution is -0.141. The van der Waals surface area contributed by atoms with Gasteiger partial charge in [-0.1, -0.05) is 12.1 Å². The lowest BCUT2D eigenvalue weighted by Crippen LogP contribution is -2.31. The summed E-state index contributed by atoms with van der Waals surface area (Å²) >= 11 is 0. The SMILES string of the molecule is Cc1ccc(CS(=O)(=O)N2CCC(C(=O)O)C2)cc1F. The van der Waals surface area contributed by atoms with Gasteiger partial charge in [0.1, 0.15) is 5.82 Å². The number of carboxylic acids is 1. The Morgan fingerprint density at radius 2 is 2.20 bits per heavy atom. The van der Waals surface area contributed by atoms with Gasteiger partial charge < -0.3 is 5.11 Å². The Hall–Kier alpha value is -1.47. The summed E-state index contributed by atoms with van der Waals surface area (Å²) in [6.45, 7) is 1.80. The van der Waals surface area contributed by atoms with Gasteiger partial charge in [-0.2, -0.15) is 0 Å². The maximum absolute atomic E-state index is 13.4. The fraction of sp³-hybridized carbons (Fsp3) is 0.462. The molecule has 20 heavy (non-hydrogen) atoms. The third-order valence-corrected chi connectivity index (χ3v) is 5.30. The topological polar surface area (TPSA) is 74.7 Å². The molecule has 0 aliphatic carbocycles. The van der Waals surface area contributed by atoms with Gasteiger partial charge in [-0.15, -0.1) is 0 Å². The smallest absolute Gasteiger partial charge is 0.307 e. The van der Waals surface area contributed by atoms with Gasteiger partial charge in [-0.25, -0.2) is 17.1 Å². The van der Waals surface area contributed by atoms with Crippen molar-refractivity contribution in [3.8, 4) is 0 Å². The van der Waals surface area contributed by atoms with E-state index in [2.05, 4.69) is 0 Å². The Morgan fingerprint density at radius 3 is 2.75 bits per heavy atom. The number of benzene rings is 1. The molecule has 1 unspecified atom stereocenters. The molecule has 0 spiro atoms. The van der Waals surface area contributed by atoms with Crippen molar-refractivity contribution in [1.82, 2.24) is 4.31 Å². The number of sulfonamides is 1. The molecule has 1 saturated heterocycles. The molecule has 1 aromatic rings. The number of halogens is 1. The third kappa shape index (κ3) is 3.16. The summed E-state index contributed by atoms with van der Waals surface area (Å²) in [5.74, 6) is -2.39. The van der Waals surface area contributed by atoms with Gasteiger partial charge in [-0.3, -0.25) is 4.79 Å². The second-order valence-corrected chi connectivity index (χ2v) is 6.99. The van der Waals surface area contributed by atoms with Gasteiger partial charge >= 0.3 is 5.97 Å². The number of aryl methyl sites for hydroxylation is 1. The molecule has 0 aromatic heterocycles. The van der Waals surface area contributed by atoms with Crippen LogP contribution < -0.4 is 0 Å². The van der Waals surface area contributed by atoms with Crippen LogP contribution in [-0.4, -0.2) is 36.9 Å². The van der Waals surface area contributed by atoms with Crippen molar-refractivity contribution in [2.24, 2.45) is 5.92 Å². The van der Waals surface area contributed by atoms with E-state index in [0.29, 0.717) is 17.5 Å². The van der Waals surface area contributed by atoms with Crippen LogP contribution in [0.25, 0.3) is 0 Å². The zero-order valence-electron chi connectivity index (χ0n) is 11.0. The lowest BCUT2D eigenvalue weighted by Gasteiger charge is -2.16. The number of carboxylic acid groups (broad SMARTS) is 1. The molecule has 1 aliphatic heterocycles. The van der Waals surface area contributed by atoms with Crippen LogP contribution in [0.2, 0.25) is 0 Å². The summed E-state index contributed by atoms with van der Waals surface area (Å²) in [6.07, 6.45) is 0.316. The number of nitrogens with zero attached hydrogens (tertiary/aromatic N) is 1. The highest BCUT2D eigenvalue weighted by Crippen LogP contribution is 2.22. The van der Waals surface area contributed by atoms with E-state index in [9.17, 15) is 17.6 Å². The van der Waals surface area contributed by atoms with Gasteiger partial charge in [0.25, 0.3) is 0 Å². The Kier molecular flexibility index (Phi) is 4.10. The monoisotopic (exact) mass is 301 g/mol. The Bertz CT molecular complexity index is 629. The van der Waals surface area contributed by atoms with E-state index in [1.54, 1.807) is 13.0 Å². The summed E-state index contributed by atoms with van der Waals surface area (Å²) in [4.78, 5) is 10.8. The maximum atomic E-state index is 13.4. The maximum Gasteiger partial charge on any atom is 0.307 e. The van der Waals surface area contributed by atoms with Crippen molar-refractivity contribution in [1.29, 1.82) is 0 Å². The first-order valence-electron chi connectivity index (χ1n) is 6.25. The summed E-state index contributed by atoms with van der Waals surface area (Å²) in [7, 11) is -3.61. The van der Waals surface area contributed by atoms with E-state index in [1.807, 2.05) is 0 Å². The number of hydrogen-bond acceptors (Lipinski definition) is 3. The van der Waals surface area contributed by atoms with Gasteiger partial charge in [0.15, 0.2) is 0 Å². The molecule has 1 fully saturated rings. The normalized spacial score (nSPS) is 20.2. The minimum atomic E-state index is -3.61. The molecule has 2 rings (SSSR count). The molecular formula is C13H16FNO4S. The van der Waals surface area contributed by atoms with Crippen molar-refractivity contribution in [3.63, 3.8) is 0 Å². The standard InChI is InChI=1S/C13H16FNO4S/c1-9-2-3-10(6-12(9)14)8-20(18,19)15-5-4-11(7-15)13(16)17/h2-3,6,11H,4-5,7-8H2,1H3,(H,16,17). The molecule has 1 atom stereocenters. The first kappa shape index (κ1) is 14.9. The zero-order valence-corrected chi connectivity index (χ0v) is 11.9. The molecular weight excluding hydrogens is 285 g/mol. The molecule has 1 aliphatic rings. The van der Waals surface area contributed by atoms with Crippen molar-refractivity contribution in [2.75, 3.05) is 13.1 Å². The molecule has 7 heteroatoms. The number of rotatable bonds is 4. The van der Waals surface area contributed by atoms with Crippen LogP contribution in [0.4, 0.5) is 4.39 Å². The lowest BCUT2D eigenvalue weighted by atomic mass is 10.1. The van der Waals surface area contributed by atoms with Crippen LogP contribution in [-0.2, 0) is 20.6 Å². The highest BCUT2D eigenvalue weighted by atomic mass is 32.2. The first-order chi connectivity index (χ1) is 9.29. The van der Waals surface area contributed by atoms with Gasteiger partial charge in [-0.05, 0) is 30.5 Å². The molecule has 110 valence electrons. The number of hydrogen-bond donors (Lipinski definition) is 1. The van der Waals surface area contributed by atoms with Crippen LogP contribution in [0, 0.1) is 18.7 Å². The molecule has 0 saturated carbocycles. The van der Waals surface area contributed by atoms with Crippen molar-refractivity contribution in [2.45, 2.75) is 19.1 Å². The first-order valence-corrected chi connectivity index (χ1v) is 7.86. The molecule has 1 N–H and O–H groups in total. The molecule has 0 amide bonds. The van der Waals surface area contributed by atoms with E-state index in [1.165, 1.54) is 16.4 Å². The van der Waals surface area contributed by atoms with E-state index in [4.69, 9.17) is 5.11 Å². The van der Waals surface area contributed by atoms with Crippen molar-refractivity contribution >= 4 is 16.0 Å². The van der Waals surface area contributed by atoms with Crippen molar-refractivity contribution in [3.05, 3.63) is 35.1 Å². The second-order valence-electron chi connectivity index (χ2n) is 5.02. The summed E-state index contributed by atoms with van der Waals surface area (Å²) in [5.41, 5.74) is 0.824. The molecule has 0 radical (unpaired) electrons. The highest BCUT2D eigenvalue weighted by Gasteiger charge is 2.34. The van der Waals surface area contributed by atoms with E-state index in [0.717, 1.165) is 0 Å². The fourth-order valence-electron chi connectivity index (χ4n) is 2.21. The molecule has 0 bridgehead atoms. The predicted octanol–water partition coefficient (Wildman–Crippen LogP) is 1.37. The van der Waals surface area contributed by atoms with E-state index < -0.39 is 27.7 Å². The van der Waals surface area contributed by atoms with Crippen LogP contribution in [0.5, 0.6) is 0 Å². The Balaban J connectivity index is 2.12. The van der Waals surface area contributed by atoms with Crippen LogP contribution >= 0.6 is 0 Å². The second kappa shape index (κ2) is 5.49. The number of aliphatic carboxylic acids is 1. The average molecular weight is 301 g/mol. The predicted molar refractivity (Wildman–Crippen MR) is 71.1 cm³/mol. The van der Waals surface area contributed by atoms with Gasteiger partial charge in [0.05, 0.1) is 11.7 Å². The Morgan fingerprint density at radius 1 is 1.50 bits per heavy atom. The summed E-state index contributed by atoms with van der Waals surface area (Å²) < 4.78 is 38.9. The minimum absolute atomic E-state index is 0.00793. The Labute approximate surface area is 117 Å². The van der Waals surface area contributed by atoms with Crippen LogP contribution in [0.1, 0.15) is 17.5 Å². The quantitative estimate of drug-likeness (QED) is 0.911. The molecule has 5 nitrogen and oxygen atoms in total. The summed E-state index contributed by atoms with van der Waals surface area (Å²) in [5, 5.41) is 8.88. The minimum Gasteiger partial charge on any atom is -0.481 e. The summed E-state index contributed by atoms with van der Waals surface area (Å²) in [6, 6.07) is 4.31. The fourth-order valence-corrected chi connectivity index (χ4v) is 3.78. The number of carbonyl (C=O) groups is 1. The van der Waals surface area contributed by atoms with Crippen LogP contribution in [0.15, 0.2) is 18.2 Å². The molecule has 1 aromatic carbocycles. The zero-order chi connectivity index (χ0) is 14.9. The third-order valence-electron chi connectivity index (χ3n) is 3.48. The highest BCUT2D eigenvalue weighted by molar-refractivity contribution is 7.88. The van der Waals surface area contributed by atoms with Crippen molar-refractivity contribution < 1.29 is 22.7 Å². The van der Waals surface area contributed by atoms with E-state index >= 15 is 0 Å². The average Bonchev–Trinajstić information content (AvgIpc) is 2.84.